The highest BCUT2D eigenvalue weighted by Crippen LogP contribution is 2.15. The fraction of sp³-hybridized carbons (Fsp3) is 0.125. The lowest BCUT2D eigenvalue weighted by atomic mass is 10.2. The molecule has 2 aromatic carbocycles. The lowest BCUT2D eigenvalue weighted by Crippen LogP contribution is -2.09. The van der Waals surface area contributed by atoms with Gasteiger partial charge < -0.3 is 10.1 Å². The highest BCUT2D eigenvalue weighted by atomic mass is 19.2. The number of hydrogen-bond acceptors (Lipinski definition) is 3. The van der Waals surface area contributed by atoms with Crippen molar-refractivity contribution in [1.29, 1.82) is 0 Å². The summed E-state index contributed by atoms with van der Waals surface area (Å²) in [6.07, 6.45) is 0. The largest absolute Gasteiger partial charge is 0.457 e. The van der Waals surface area contributed by atoms with E-state index < -0.39 is 17.6 Å². The van der Waals surface area contributed by atoms with Gasteiger partial charge in [-0.25, -0.2) is 13.6 Å². The van der Waals surface area contributed by atoms with Gasteiger partial charge in [0, 0.05) is 18.2 Å². The predicted molar refractivity (Wildman–Crippen MR) is 76.2 cm³/mol. The Morgan fingerprint density at radius 2 is 1.86 bits per heavy atom. The van der Waals surface area contributed by atoms with Crippen LogP contribution in [0.1, 0.15) is 22.8 Å². The molecule has 114 valence electrons. The lowest BCUT2D eigenvalue weighted by molar-refractivity contribution is -0.114. The first-order chi connectivity index (χ1) is 10.5. The molecule has 0 atom stereocenters. The molecule has 1 amide bonds. The second kappa shape index (κ2) is 6.80. The minimum atomic E-state index is -1.04. The van der Waals surface area contributed by atoms with Crippen molar-refractivity contribution in [3.05, 3.63) is 65.2 Å². The van der Waals surface area contributed by atoms with Crippen molar-refractivity contribution in [3.8, 4) is 0 Å². The van der Waals surface area contributed by atoms with Crippen LogP contribution in [0.25, 0.3) is 0 Å². The van der Waals surface area contributed by atoms with Gasteiger partial charge in [-0.3, -0.25) is 4.79 Å². The molecule has 0 aliphatic rings. The smallest absolute Gasteiger partial charge is 0.338 e. The van der Waals surface area contributed by atoms with E-state index in [-0.39, 0.29) is 23.6 Å². The maximum Gasteiger partial charge on any atom is 0.338 e. The van der Waals surface area contributed by atoms with Crippen molar-refractivity contribution in [1.82, 2.24) is 0 Å². The minimum absolute atomic E-state index is 0.0497. The van der Waals surface area contributed by atoms with Crippen molar-refractivity contribution in [2.24, 2.45) is 0 Å². The third kappa shape index (κ3) is 3.88. The molecule has 2 aromatic rings. The van der Waals surface area contributed by atoms with Crippen LogP contribution in [0.5, 0.6) is 0 Å². The Morgan fingerprint density at radius 3 is 2.59 bits per heavy atom. The molecule has 0 aromatic heterocycles. The van der Waals surface area contributed by atoms with Gasteiger partial charge in [0.1, 0.15) is 6.61 Å². The number of amides is 1. The minimum Gasteiger partial charge on any atom is -0.457 e. The number of nitrogens with one attached hydrogen (secondary N) is 1. The quantitative estimate of drug-likeness (QED) is 0.882. The average molecular weight is 305 g/mol. The van der Waals surface area contributed by atoms with Gasteiger partial charge in [0.15, 0.2) is 11.6 Å². The molecule has 0 spiro atoms. The molecule has 0 bridgehead atoms. The van der Waals surface area contributed by atoms with Gasteiger partial charge in [0.25, 0.3) is 0 Å². The summed E-state index contributed by atoms with van der Waals surface area (Å²) in [5.74, 6) is -3.01. The second-order valence-electron chi connectivity index (χ2n) is 4.55. The number of hydrogen-bond donors (Lipinski definition) is 1. The molecule has 22 heavy (non-hydrogen) atoms. The van der Waals surface area contributed by atoms with E-state index in [1.807, 2.05) is 0 Å². The van der Waals surface area contributed by atoms with E-state index in [4.69, 9.17) is 4.74 Å². The maximum atomic E-state index is 13.4. The van der Waals surface area contributed by atoms with Crippen LogP contribution in [0.3, 0.4) is 0 Å². The van der Waals surface area contributed by atoms with Gasteiger partial charge in [-0.05, 0) is 24.3 Å². The van der Waals surface area contributed by atoms with E-state index in [1.165, 1.54) is 31.2 Å². The molecule has 0 aliphatic carbocycles. The van der Waals surface area contributed by atoms with Gasteiger partial charge in [-0.1, -0.05) is 18.2 Å². The van der Waals surface area contributed by atoms with Crippen LogP contribution in [0.2, 0.25) is 0 Å². The van der Waals surface area contributed by atoms with E-state index in [2.05, 4.69) is 5.32 Å². The Hall–Kier alpha value is -2.76. The average Bonchev–Trinajstić information content (AvgIpc) is 2.48. The summed E-state index contributed by atoms with van der Waals surface area (Å²) in [5.41, 5.74) is 0.591. The molecule has 4 nitrogen and oxygen atoms in total. The van der Waals surface area contributed by atoms with Crippen LogP contribution in [0, 0.1) is 11.6 Å². The summed E-state index contributed by atoms with van der Waals surface area (Å²) < 4.78 is 31.4. The van der Waals surface area contributed by atoms with E-state index in [0.29, 0.717) is 5.69 Å². The van der Waals surface area contributed by atoms with Crippen molar-refractivity contribution < 1.29 is 23.1 Å². The number of anilines is 1. The van der Waals surface area contributed by atoms with Gasteiger partial charge in [0.05, 0.1) is 5.56 Å². The van der Waals surface area contributed by atoms with Crippen LogP contribution in [-0.4, -0.2) is 11.9 Å². The fourth-order valence-corrected chi connectivity index (χ4v) is 1.81. The molecule has 0 saturated carbocycles. The predicted octanol–water partition coefficient (Wildman–Crippen LogP) is 3.28. The number of ether oxygens (including phenoxy) is 1. The van der Waals surface area contributed by atoms with E-state index >= 15 is 0 Å². The Kier molecular flexibility index (Phi) is 4.83. The second-order valence-corrected chi connectivity index (χ2v) is 4.55. The first-order valence-corrected chi connectivity index (χ1v) is 6.45. The molecule has 2 rings (SSSR count). The number of carbonyl (C=O) groups excluding carboxylic acids is 2. The summed E-state index contributed by atoms with van der Waals surface area (Å²) in [7, 11) is 0. The molecule has 0 heterocycles. The molecule has 6 heteroatoms. The highest BCUT2D eigenvalue weighted by molar-refractivity contribution is 5.93. The number of carbonyl (C=O) groups is 2. The zero-order valence-electron chi connectivity index (χ0n) is 11.7. The summed E-state index contributed by atoms with van der Waals surface area (Å²) in [5, 5.41) is 2.53. The zero-order valence-corrected chi connectivity index (χ0v) is 11.7. The van der Waals surface area contributed by atoms with Crippen molar-refractivity contribution >= 4 is 17.6 Å². The summed E-state index contributed by atoms with van der Waals surface area (Å²) >= 11 is 0. The van der Waals surface area contributed by atoms with Gasteiger partial charge >= 0.3 is 5.97 Å². The van der Waals surface area contributed by atoms with Crippen molar-refractivity contribution in [2.75, 3.05) is 5.32 Å². The molecular formula is C16H13F2NO3. The molecule has 0 radical (unpaired) electrons. The van der Waals surface area contributed by atoms with E-state index in [1.54, 1.807) is 12.1 Å². The SMILES string of the molecule is CC(=O)Nc1cccc(C(=O)OCc2cccc(F)c2F)c1. The van der Waals surface area contributed by atoms with Crippen LogP contribution in [0.4, 0.5) is 14.5 Å². The summed E-state index contributed by atoms with van der Waals surface area (Å²) in [6, 6.07) is 9.77. The standard InChI is InChI=1S/C16H13F2NO3/c1-10(20)19-13-6-2-4-11(8-13)16(21)22-9-12-5-3-7-14(17)15(12)18/h2-8H,9H2,1H3,(H,19,20). The molecule has 0 saturated heterocycles. The third-order valence-corrected chi connectivity index (χ3v) is 2.81. The fourth-order valence-electron chi connectivity index (χ4n) is 1.81. The Bertz CT molecular complexity index is 716. The molecule has 0 fully saturated rings. The third-order valence-electron chi connectivity index (χ3n) is 2.81. The van der Waals surface area contributed by atoms with Gasteiger partial charge in [-0.15, -0.1) is 0 Å². The van der Waals surface area contributed by atoms with Crippen molar-refractivity contribution in [2.45, 2.75) is 13.5 Å². The molecule has 0 unspecified atom stereocenters. The number of esters is 1. The first kappa shape index (κ1) is 15.6. The van der Waals surface area contributed by atoms with Crippen LogP contribution >= 0.6 is 0 Å². The van der Waals surface area contributed by atoms with Gasteiger partial charge in [-0.2, -0.15) is 0 Å². The van der Waals surface area contributed by atoms with E-state index in [0.717, 1.165) is 6.07 Å². The van der Waals surface area contributed by atoms with Crippen LogP contribution < -0.4 is 5.32 Å². The number of benzene rings is 2. The molecule has 0 aliphatic heterocycles. The topological polar surface area (TPSA) is 55.4 Å². The number of halogens is 2. The molecular weight excluding hydrogens is 292 g/mol. The monoisotopic (exact) mass is 305 g/mol. The normalized spacial score (nSPS) is 10.1. The zero-order chi connectivity index (χ0) is 16.1. The Balaban J connectivity index is 2.06. The molecule has 1 N–H and O–H groups in total. The Labute approximate surface area is 125 Å². The first-order valence-electron chi connectivity index (χ1n) is 6.45. The van der Waals surface area contributed by atoms with E-state index in [9.17, 15) is 18.4 Å². The summed E-state index contributed by atoms with van der Waals surface area (Å²) in [6.45, 7) is 0.963. The van der Waals surface area contributed by atoms with Gasteiger partial charge in [0.2, 0.25) is 5.91 Å². The van der Waals surface area contributed by atoms with Crippen LogP contribution in [0.15, 0.2) is 42.5 Å². The van der Waals surface area contributed by atoms with Crippen LogP contribution in [-0.2, 0) is 16.1 Å². The number of rotatable bonds is 4. The maximum absolute atomic E-state index is 13.4. The summed E-state index contributed by atoms with van der Waals surface area (Å²) in [4.78, 5) is 22.9. The highest BCUT2D eigenvalue weighted by Gasteiger charge is 2.12. The Morgan fingerprint density at radius 1 is 1.14 bits per heavy atom. The van der Waals surface area contributed by atoms with Crippen molar-refractivity contribution in [3.63, 3.8) is 0 Å². The lowest BCUT2D eigenvalue weighted by Gasteiger charge is -2.08.